The summed E-state index contributed by atoms with van der Waals surface area (Å²) in [6, 6.07) is 0. The van der Waals surface area contributed by atoms with Gasteiger partial charge < -0.3 is 9.69 Å². The van der Waals surface area contributed by atoms with Gasteiger partial charge in [-0.1, -0.05) is 5.16 Å². The van der Waals surface area contributed by atoms with Crippen LogP contribution in [-0.2, 0) is 0 Å². The number of oxime groups is 1. The molecule has 0 unspecified atom stereocenters. The van der Waals surface area contributed by atoms with Gasteiger partial charge in [0.2, 0.25) is 0 Å². The normalized spacial score (nSPS) is 12.9. The van der Waals surface area contributed by atoms with Crippen molar-refractivity contribution in [3.63, 3.8) is 0 Å². The molecule has 8 heavy (non-hydrogen) atoms. The quantitative estimate of drug-likeness (QED) is 0.237. The molecule has 0 aliphatic rings. The molecule has 0 aliphatic heterocycles. The standard InChI is InChI=1S/C5H12N2O/c1-7(2,3)5-4-6-8/h4H,5H2,1-3H3/p+1/b6-4+. The third-order valence-electron chi connectivity index (χ3n) is 0.711. The lowest BCUT2D eigenvalue weighted by atomic mass is 10.5. The lowest BCUT2D eigenvalue weighted by Crippen LogP contribution is -2.35. The van der Waals surface area contributed by atoms with E-state index in [1.807, 2.05) is 21.1 Å². The Bertz CT molecular complexity index is 82.9. The van der Waals surface area contributed by atoms with Crippen LogP contribution in [0.1, 0.15) is 0 Å². The van der Waals surface area contributed by atoms with Crippen molar-refractivity contribution in [3.8, 4) is 0 Å². The van der Waals surface area contributed by atoms with E-state index >= 15 is 0 Å². The van der Waals surface area contributed by atoms with Crippen LogP contribution in [0.2, 0.25) is 0 Å². The van der Waals surface area contributed by atoms with E-state index in [9.17, 15) is 0 Å². The second-order valence-corrected chi connectivity index (χ2v) is 2.77. The van der Waals surface area contributed by atoms with Crippen LogP contribution in [0.4, 0.5) is 0 Å². The first kappa shape index (κ1) is 7.43. The van der Waals surface area contributed by atoms with Crippen LogP contribution in [0.15, 0.2) is 5.16 Å². The molecular formula is C5H13N2O+. The van der Waals surface area contributed by atoms with Gasteiger partial charge in [-0.2, -0.15) is 0 Å². The van der Waals surface area contributed by atoms with Crippen LogP contribution in [0.5, 0.6) is 0 Å². The Kier molecular flexibility index (Phi) is 2.48. The van der Waals surface area contributed by atoms with Gasteiger partial charge in [-0.05, 0) is 0 Å². The summed E-state index contributed by atoms with van der Waals surface area (Å²) in [5, 5.41) is 10.9. The third kappa shape index (κ3) is 5.43. The molecule has 0 atom stereocenters. The topological polar surface area (TPSA) is 32.6 Å². The predicted molar refractivity (Wildman–Crippen MR) is 33.2 cm³/mol. The van der Waals surface area contributed by atoms with Crippen LogP contribution in [0.25, 0.3) is 0 Å². The molecule has 0 aromatic rings. The highest BCUT2D eigenvalue weighted by Crippen LogP contribution is 1.83. The lowest BCUT2D eigenvalue weighted by molar-refractivity contribution is -0.860. The fourth-order valence-electron chi connectivity index (χ4n) is 0.281. The molecule has 3 heteroatoms. The van der Waals surface area contributed by atoms with Crippen LogP contribution in [0.3, 0.4) is 0 Å². The molecule has 0 fully saturated rings. The number of hydrogen-bond donors (Lipinski definition) is 1. The minimum atomic E-state index is 0.760. The Hall–Kier alpha value is -0.570. The van der Waals surface area contributed by atoms with E-state index in [-0.39, 0.29) is 0 Å². The first-order chi connectivity index (χ1) is 3.56. The minimum Gasteiger partial charge on any atom is -0.411 e. The van der Waals surface area contributed by atoms with Crippen LogP contribution < -0.4 is 0 Å². The first-order valence-corrected chi connectivity index (χ1v) is 2.52. The van der Waals surface area contributed by atoms with E-state index in [2.05, 4.69) is 5.16 Å². The van der Waals surface area contributed by atoms with Crippen molar-refractivity contribution in [3.05, 3.63) is 0 Å². The van der Waals surface area contributed by atoms with Crippen molar-refractivity contribution >= 4 is 6.21 Å². The van der Waals surface area contributed by atoms with Gasteiger partial charge in [-0.25, -0.2) is 0 Å². The Morgan fingerprint density at radius 2 is 2.00 bits per heavy atom. The zero-order valence-corrected chi connectivity index (χ0v) is 5.63. The lowest BCUT2D eigenvalue weighted by Gasteiger charge is -2.20. The van der Waals surface area contributed by atoms with Crippen molar-refractivity contribution in [2.75, 3.05) is 27.7 Å². The highest BCUT2D eigenvalue weighted by Gasteiger charge is 2.01. The molecule has 0 aromatic heterocycles. The number of hydrogen-bond acceptors (Lipinski definition) is 2. The molecule has 0 saturated carbocycles. The molecule has 3 nitrogen and oxygen atoms in total. The smallest absolute Gasteiger partial charge is 0.117 e. The fourth-order valence-corrected chi connectivity index (χ4v) is 0.281. The molecule has 1 N–H and O–H groups in total. The number of rotatable bonds is 2. The summed E-state index contributed by atoms with van der Waals surface area (Å²) in [5.41, 5.74) is 0. The summed E-state index contributed by atoms with van der Waals surface area (Å²) in [7, 11) is 6.09. The molecule has 0 amide bonds. The van der Waals surface area contributed by atoms with E-state index in [1.165, 1.54) is 6.21 Å². The Labute approximate surface area is 49.8 Å². The molecule has 0 aliphatic carbocycles. The van der Waals surface area contributed by atoms with Gasteiger partial charge in [-0.3, -0.25) is 0 Å². The van der Waals surface area contributed by atoms with E-state index in [0.29, 0.717) is 0 Å². The zero-order chi connectivity index (χ0) is 6.62. The van der Waals surface area contributed by atoms with Crippen LogP contribution in [-0.4, -0.2) is 43.6 Å². The van der Waals surface area contributed by atoms with E-state index in [0.717, 1.165) is 11.0 Å². The van der Waals surface area contributed by atoms with Gasteiger partial charge in [0.1, 0.15) is 6.54 Å². The van der Waals surface area contributed by atoms with Crippen molar-refractivity contribution in [2.45, 2.75) is 0 Å². The van der Waals surface area contributed by atoms with Gasteiger partial charge in [0.25, 0.3) is 0 Å². The van der Waals surface area contributed by atoms with Crippen molar-refractivity contribution in [2.24, 2.45) is 5.16 Å². The molecule has 48 valence electrons. The summed E-state index contributed by atoms with van der Waals surface area (Å²) >= 11 is 0. The van der Waals surface area contributed by atoms with E-state index in [4.69, 9.17) is 5.21 Å². The van der Waals surface area contributed by atoms with Gasteiger partial charge in [0, 0.05) is 0 Å². The molecular weight excluding hydrogens is 104 g/mol. The fraction of sp³-hybridized carbons (Fsp3) is 0.800. The number of quaternary nitrogens is 1. The number of nitrogens with zero attached hydrogens (tertiary/aromatic N) is 2. The van der Waals surface area contributed by atoms with Crippen molar-refractivity contribution in [1.29, 1.82) is 0 Å². The average Bonchev–Trinajstić information content (AvgIpc) is 1.59. The highest BCUT2D eigenvalue weighted by molar-refractivity contribution is 5.57. The molecule has 0 saturated heterocycles. The van der Waals surface area contributed by atoms with E-state index in [1.54, 1.807) is 0 Å². The maximum atomic E-state index is 7.99. The summed E-state index contributed by atoms with van der Waals surface area (Å²) in [4.78, 5) is 0. The van der Waals surface area contributed by atoms with Crippen LogP contribution >= 0.6 is 0 Å². The Morgan fingerprint density at radius 3 is 2.12 bits per heavy atom. The van der Waals surface area contributed by atoms with Gasteiger partial charge in [-0.15, -0.1) is 0 Å². The molecule has 0 aromatic carbocycles. The minimum absolute atomic E-state index is 0.760. The molecule has 0 heterocycles. The summed E-state index contributed by atoms with van der Waals surface area (Å²) in [6.45, 7) is 0.760. The maximum Gasteiger partial charge on any atom is 0.117 e. The Morgan fingerprint density at radius 1 is 1.50 bits per heavy atom. The van der Waals surface area contributed by atoms with Gasteiger partial charge in [0.15, 0.2) is 0 Å². The van der Waals surface area contributed by atoms with E-state index < -0.39 is 0 Å². The third-order valence-corrected chi connectivity index (χ3v) is 0.711. The highest BCUT2D eigenvalue weighted by atomic mass is 16.4. The largest absolute Gasteiger partial charge is 0.411 e. The molecule has 0 bridgehead atoms. The van der Waals surface area contributed by atoms with Crippen LogP contribution in [0, 0.1) is 0 Å². The molecule has 0 rings (SSSR count). The Balaban J connectivity index is 3.39. The summed E-state index contributed by atoms with van der Waals surface area (Å²) in [5.74, 6) is 0. The SMILES string of the molecule is C[N+](C)(C)C/C=N/O. The van der Waals surface area contributed by atoms with Gasteiger partial charge >= 0.3 is 0 Å². The monoisotopic (exact) mass is 117 g/mol. The first-order valence-electron chi connectivity index (χ1n) is 2.52. The predicted octanol–water partition coefficient (Wildman–Crippen LogP) is 0.153. The van der Waals surface area contributed by atoms with Crippen molar-refractivity contribution < 1.29 is 9.69 Å². The second kappa shape index (κ2) is 2.67. The molecule has 0 spiro atoms. The zero-order valence-electron chi connectivity index (χ0n) is 5.63. The molecule has 0 radical (unpaired) electrons. The summed E-state index contributed by atoms with van der Waals surface area (Å²) < 4.78 is 0.796. The van der Waals surface area contributed by atoms with Crippen molar-refractivity contribution in [1.82, 2.24) is 0 Å². The average molecular weight is 117 g/mol. The summed E-state index contributed by atoms with van der Waals surface area (Å²) in [6.07, 6.45) is 1.49. The van der Waals surface area contributed by atoms with Gasteiger partial charge in [0.05, 0.1) is 27.4 Å². The second-order valence-electron chi connectivity index (χ2n) is 2.77. The maximum absolute atomic E-state index is 7.99.